The topological polar surface area (TPSA) is 50.4 Å². The quantitative estimate of drug-likeness (QED) is 0.845. The van der Waals surface area contributed by atoms with Gasteiger partial charge in [0.15, 0.2) is 0 Å². The fraction of sp³-hybridized carbons (Fsp3) is 0.588. The number of carbonyl (C=O) groups is 1. The molecule has 1 aromatic carbocycles. The van der Waals surface area contributed by atoms with Crippen molar-refractivity contribution in [2.45, 2.75) is 38.1 Å². The van der Waals surface area contributed by atoms with Crippen molar-refractivity contribution < 1.29 is 22.7 Å². The van der Waals surface area contributed by atoms with E-state index in [4.69, 9.17) is 0 Å². The van der Waals surface area contributed by atoms with Gasteiger partial charge in [0.1, 0.15) is 5.75 Å². The summed E-state index contributed by atoms with van der Waals surface area (Å²) in [4.78, 5) is 12.4. The summed E-state index contributed by atoms with van der Waals surface area (Å²) < 4.78 is 41.6. The van der Waals surface area contributed by atoms with Crippen LogP contribution in [0, 0.1) is 11.8 Å². The molecule has 2 fully saturated rings. The molecular formula is C17H22ClF3N2O2. The molecule has 140 valence electrons. The van der Waals surface area contributed by atoms with Crippen LogP contribution >= 0.6 is 12.4 Å². The Bertz CT molecular complexity index is 612. The second-order valence-electron chi connectivity index (χ2n) is 6.62. The van der Waals surface area contributed by atoms with E-state index in [1.807, 2.05) is 0 Å². The van der Waals surface area contributed by atoms with E-state index in [1.165, 1.54) is 12.1 Å². The Hall–Kier alpha value is -1.47. The maximum absolute atomic E-state index is 12.5. The van der Waals surface area contributed by atoms with Crippen LogP contribution in [0.15, 0.2) is 24.3 Å². The highest BCUT2D eigenvalue weighted by Gasteiger charge is 2.47. The highest BCUT2D eigenvalue weighted by Crippen LogP contribution is 2.51. The van der Waals surface area contributed by atoms with Crippen LogP contribution in [0.4, 0.5) is 13.2 Å². The minimum atomic E-state index is -4.73. The van der Waals surface area contributed by atoms with Crippen molar-refractivity contribution in [3.05, 3.63) is 29.8 Å². The molecule has 0 aromatic heterocycles. The second-order valence-corrected chi connectivity index (χ2v) is 6.62. The summed E-state index contributed by atoms with van der Waals surface area (Å²) in [6.45, 7) is 3.78. The molecule has 4 atom stereocenters. The van der Waals surface area contributed by atoms with Crippen LogP contribution in [0.25, 0.3) is 0 Å². The number of para-hydroxylation sites is 1. The predicted molar refractivity (Wildman–Crippen MR) is 89.8 cm³/mol. The van der Waals surface area contributed by atoms with Gasteiger partial charge in [-0.15, -0.1) is 25.6 Å². The third-order valence-corrected chi connectivity index (χ3v) is 4.83. The highest BCUT2D eigenvalue weighted by atomic mass is 35.5. The second kappa shape index (κ2) is 7.83. The predicted octanol–water partition coefficient (Wildman–Crippen LogP) is 3.22. The van der Waals surface area contributed by atoms with Gasteiger partial charge in [-0.1, -0.05) is 25.1 Å². The molecule has 8 heteroatoms. The number of rotatable bonds is 4. The lowest BCUT2D eigenvalue weighted by Gasteiger charge is -2.30. The van der Waals surface area contributed by atoms with Gasteiger partial charge in [-0.25, -0.2) is 0 Å². The van der Waals surface area contributed by atoms with Gasteiger partial charge in [0.25, 0.3) is 0 Å². The SMILES string of the molecule is CC1CCNCC1NC(=O)C1CC1c1ccccc1OC(F)(F)F.Cl. The maximum Gasteiger partial charge on any atom is 0.573 e. The first-order chi connectivity index (χ1) is 11.3. The molecule has 1 aliphatic carbocycles. The monoisotopic (exact) mass is 378 g/mol. The van der Waals surface area contributed by atoms with E-state index in [2.05, 4.69) is 22.3 Å². The van der Waals surface area contributed by atoms with Crippen LogP contribution in [0.3, 0.4) is 0 Å². The van der Waals surface area contributed by atoms with Crippen molar-refractivity contribution in [1.82, 2.24) is 10.6 Å². The number of ether oxygens (including phenoxy) is 1. The first kappa shape index (κ1) is 19.8. The van der Waals surface area contributed by atoms with E-state index in [-0.39, 0.29) is 41.9 Å². The molecule has 1 saturated carbocycles. The Morgan fingerprint density at radius 3 is 2.72 bits per heavy atom. The zero-order chi connectivity index (χ0) is 17.3. The summed E-state index contributed by atoms with van der Waals surface area (Å²) in [6.07, 6.45) is -3.17. The van der Waals surface area contributed by atoms with Crippen LogP contribution in [-0.4, -0.2) is 31.4 Å². The first-order valence-corrected chi connectivity index (χ1v) is 8.21. The minimum absolute atomic E-state index is 0. The molecule has 0 radical (unpaired) electrons. The van der Waals surface area contributed by atoms with Crippen LogP contribution in [-0.2, 0) is 4.79 Å². The van der Waals surface area contributed by atoms with Crippen molar-refractivity contribution in [2.24, 2.45) is 11.8 Å². The van der Waals surface area contributed by atoms with Gasteiger partial charge in [-0.3, -0.25) is 4.79 Å². The van der Waals surface area contributed by atoms with E-state index >= 15 is 0 Å². The van der Waals surface area contributed by atoms with E-state index < -0.39 is 6.36 Å². The number of hydrogen-bond donors (Lipinski definition) is 2. The van der Waals surface area contributed by atoms with Crippen LogP contribution in [0.2, 0.25) is 0 Å². The number of carbonyl (C=O) groups excluding carboxylic acids is 1. The fourth-order valence-corrected chi connectivity index (χ4v) is 3.31. The minimum Gasteiger partial charge on any atom is -0.405 e. The number of alkyl halides is 3. The number of amides is 1. The Balaban J connectivity index is 0.00000225. The molecule has 1 aliphatic heterocycles. The average molecular weight is 379 g/mol. The molecule has 1 saturated heterocycles. The van der Waals surface area contributed by atoms with Crippen molar-refractivity contribution in [1.29, 1.82) is 0 Å². The number of nitrogens with one attached hydrogen (secondary N) is 2. The summed E-state index contributed by atoms with van der Waals surface area (Å²) in [5, 5.41) is 6.28. The highest BCUT2D eigenvalue weighted by molar-refractivity contribution is 5.85. The van der Waals surface area contributed by atoms with Gasteiger partial charge in [-0.05, 0) is 42.9 Å². The summed E-state index contributed by atoms with van der Waals surface area (Å²) in [6, 6.07) is 6.14. The van der Waals surface area contributed by atoms with Gasteiger partial charge >= 0.3 is 6.36 Å². The fourth-order valence-electron chi connectivity index (χ4n) is 3.31. The molecule has 3 rings (SSSR count). The lowest BCUT2D eigenvalue weighted by Crippen LogP contribution is -2.50. The molecule has 1 heterocycles. The standard InChI is InChI=1S/C17H21F3N2O2.ClH/c1-10-6-7-21-9-14(10)22-16(23)13-8-12(13)11-4-2-3-5-15(11)24-17(18,19)20;/h2-5,10,12-14,21H,6-9H2,1H3,(H,22,23);1H. The molecule has 1 aromatic rings. The van der Waals surface area contributed by atoms with Crippen LogP contribution < -0.4 is 15.4 Å². The summed E-state index contributed by atoms with van der Waals surface area (Å²) in [5.74, 6) is -0.388. The lowest BCUT2D eigenvalue weighted by molar-refractivity contribution is -0.274. The van der Waals surface area contributed by atoms with Crippen molar-refractivity contribution in [3.63, 3.8) is 0 Å². The Morgan fingerprint density at radius 1 is 1.32 bits per heavy atom. The van der Waals surface area contributed by atoms with Crippen molar-refractivity contribution >= 4 is 18.3 Å². The molecule has 1 amide bonds. The lowest BCUT2D eigenvalue weighted by atomic mass is 9.94. The Morgan fingerprint density at radius 2 is 2.04 bits per heavy atom. The maximum atomic E-state index is 12.5. The van der Waals surface area contributed by atoms with E-state index in [0.29, 0.717) is 17.9 Å². The van der Waals surface area contributed by atoms with Crippen LogP contribution in [0.1, 0.15) is 31.2 Å². The van der Waals surface area contributed by atoms with Gasteiger partial charge < -0.3 is 15.4 Å². The average Bonchev–Trinajstić information content (AvgIpc) is 3.29. The molecule has 25 heavy (non-hydrogen) atoms. The number of piperidine rings is 1. The van der Waals surface area contributed by atoms with E-state index in [9.17, 15) is 18.0 Å². The third kappa shape index (κ3) is 5.01. The molecular weight excluding hydrogens is 357 g/mol. The molecule has 0 spiro atoms. The normalized spacial score (nSPS) is 28.6. The van der Waals surface area contributed by atoms with Gasteiger partial charge in [0, 0.05) is 18.5 Å². The van der Waals surface area contributed by atoms with Gasteiger partial charge in [-0.2, -0.15) is 0 Å². The smallest absolute Gasteiger partial charge is 0.405 e. The molecule has 0 bridgehead atoms. The Labute approximate surface area is 150 Å². The zero-order valence-electron chi connectivity index (χ0n) is 13.8. The largest absolute Gasteiger partial charge is 0.573 e. The van der Waals surface area contributed by atoms with Gasteiger partial charge in [0.2, 0.25) is 5.91 Å². The van der Waals surface area contributed by atoms with Crippen molar-refractivity contribution in [2.75, 3.05) is 13.1 Å². The molecule has 4 nitrogen and oxygen atoms in total. The molecule has 2 aliphatic rings. The summed E-state index contributed by atoms with van der Waals surface area (Å²) in [7, 11) is 0. The van der Waals surface area contributed by atoms with Crippen LogP contribution in [0.5, 0.6) is 5.75 Å². The number of hydrogen-bond acceptors (Lipinski definition) is 3. The summed E-state index contributed by atoms with van der Waals surface area (Å²) in [5.41, 5.74) is 0.449. The third-order valence-electron chi connectivity index (χ3n) is 4.83. The van der Waals surface area contributed by atoms with Crippen molar-refractivity contribution in [3.8, 4) is 5.75 Å². The molecule has 4 unspecified atom stereocenters. The molecule has 2 N–H and O–H groups in total. The summed E-state index contributed by atoms with van der Waals surface area (Å²) >= 11 is 0. The zero-order valence-corrected chi connectivity index (χ0v) is 14.6. The van der Waals surface area contributed by atoms with E-state index in [0.717, 1.165) is 19.5 Å². The van der Waals surface area contributed by atoms with Gasteiger partial charge in [0.05, 0.1) is 0 Å². The first-order valence-electron chi connectivity index (χ1n) is 8.21. The Kier molecular flexibility index (Phi) is 6.21. The number of halogens is 4. The number of benzene rings is 1. The van der Waals surface area contributed by atoms with E-state index in [1.54, 1.807) is 12.1 Å².